The molecule has 1 aromatic carbocycles. The van der Waals surface area contributed by atoms with Gasteiger partial charge in [-0.3, -0.25) is 4.79 Å². The number of benzene rings is 1. The molecule has 0 bridgehead atoms. The van der Waals surface area contributed by atoms with Gasteiger partial charge in [0.15, 0.2) is 0 Å². The van der Waals surface area contributed by atoms with E-state index in [1.807, 2.05) is 24.3 Å². The number of hydrogen-bond acceptors (Lipinski definition) is 2. The van der Waals surface area contributed by atoms with Crippen LogP contribution < -0.4 is 10.6 Å². The van der Waals surface area contributed by atoms with E-state index in [9.17, 15) is 4.79 Å². The van der Waals surface area contributed by atoms with Crippen molar-refractivity contribution in [2.75, 3.05) is 18.4 Å². The Hall–Kier alpha value is -0.870. The topological polar surface area (TPSA) is 41.1 Å². The van der Waals surface area contributed by atoms with Gasteiger partial charge in [-0.1, -0.05) is 54.6 Å². The highest BCUT2D eigenvalue weighted by molar-refractivity contribution is 9.10. The van der Waals surface area contributed by atoms with Crippen molar-refractivity contribution in [1.29, 1.82) is 0 Å². The quantitative estimate of drug-likeness (QED) is 0.753. The third-order valence-electron chi connectivity index (χ3n) is 4.26. The predicted octanol–water partition coefficient (Wildman–Crippen LogP) is 4.19. The Morgan fingerprint density at radius 3 is 2.76 bits per heavy atom. The smallest absolute Gasteiger partial charge is 0.238 e. The second kappa shape index (κ2) is 8.54. The van der Waals surface area contributed by atoms with Gasteiger partial charge in [0.2, 0.25) is 5.91 Å². The van der Waals surface area contributed by atoms with Gasteiger partial charge in [-0.15, -0.1) is 0 Å². The van der Waals surface area contributed by atoms with Crippen molar-refractivity contribution in [2.45, 2.75) is 39.0 Å². The summed E-state index contributed by atoms with van der Waals surface area (Å²) in [6, 6.07) is 7.66. The first-order valence-electron chi connectivity index (χ1n) is 7.89. The van der Waals surface area contributed by atoms with Crippen LogP contribution in [0, 0.1) is 11.8 Å². The molecule has 0 spiro atoms. The van der Waals surface area contributed by atoms with Gasteiger partial charge in [-0.2, -0.15) is 0 Å². The summed E-state index contributed by atoms with van der Waals surface area (Å²) in [5, 5.41) is 6.15. The van der Waals surface area contributed by atoms with Crippen LogP contribution in [0.4, 0.5) is 5.69 Å². The highest BCUT2D eigenvalue weighted by atomic mass is 79.9. The number of carbonyl (C=O) groups is 1. The zero-order chi connectivity index (χ0) is 15.1. The molecule has 1 aliphatic rings. The molecular formula is C17H25BrN2O. The fourth-order valence-electron chi connectivity index (χ4n) is 2.90. The summed E-state index contributed by atoms with van der Waals surface area (Å²) in [5.41, 5.74) is 0.831. The van der Waals surface area contributed by atoms with Crippen molar-refractivity contribution in [2.24, 2.45) is 11.8 Å². The Bertz CT molecular complexity index is 456. The maximum atomic E-state index is 11.8. The Kier molecular flexibility index (Phi) is 6.71. The normalized spacial score (nSPS) is 22.0. The van der Waals surface area contributed by atoms with Crippen LogP contribution in [0.1, 0.15) is 39.0 Å². The molecule has 1 aliphatic carbocycles. The van der Waals surface area contributed by atoms with Crippen molar-refractivity contribution in [3.8, 4) is 0 Å². The fraction of sp³-hybridized carbons (Fsp3) is 0.588. The van der Waals surface area contributed by atoms with Crippen LogP contribution in [0.2, 0.25) is 0 Å². The number of rotatable bonds is 6. The Morgan fingerprint density at radius 1 is 1.29 bits per heavy atom. The number of nitrogens with one attached hydrogen (secondary N) is 2. The first kappa shape index (κ1) is 16.5. The molecule has 2 N–H and O–H groups in total. The van der Waals surface area contributed by atoms with Crippen molar-refractivity contribution < 1.29 is 4.79 Å². The zero-order valence-corrected chi connectivity index (χ0v) is 14.3. The highest BCUT2D eigenvalue weighted by Crippen LogP contribution is 2.29. The summed E-state index contributed by atoms with van der Waals surface area (Å²) in [6.07, 6.45) is 6.64. The van der Waals surface area contributed by atoms with Crippen LogP contribution in [0.15, 0.2) is 28.7 Å². The summed E-state index contributed by atoms with van der Waals surface area (Å²) in [6.45, 7) is 3.67. The lowest BCUT2D eigenvalue weighted by atomic mass is 9.81. The summed E-state index contributed by atoms with van der Waals surface area (Å²) in [5.74, 6) is 1.78. The molecule has 4 heteroatoms. The van der Waals surface area contributed by atoms with Crippen LogP contribution in [-0.4, -0.2) is 19.0 Å². The molecule has 21 heavy (non-hydrogen) atoms. The van der Waals surface area contributed by atoms with E-state index in [2.05, 4.69) is 33.5 Å². The van der Waals surface area contributed by atoms with Crippen molar-refractivity contribution in [3.05, 3.63) is 28.7 Å². The van der Waals surface area contributed by atoms with Gasteiger partial charge in [0.05, 0.1) is 6.54 Å². The van der Waals surface area contributed by atoms with E-state index in [4.69, 9.17) is 0 Å². The highest BCUT2D eigenvalue weighted by Gasteiger charge is 2.17. The number of anilines is 1. The summed E-state index contributed by atoms with van der Waals surface area (Å²) in [4.78, 5) is 11.8. The van der Waals surface area contributed by atoms with E-state index in [1.54, 1.807) is 0 Å². The number of hydrogen-bond donors (Lipinski definition) is 2. The molecule has 0 aliphatic heterocycles. The first-order valence-corrected chi connectivity index (χ1v) is 8.69. The SMILES string of the molecule is CC1CCC(CCNCC(=O)Nc2cccc(Br)c2)CC1. The fourth-order valence-corrected chi connectivity index (χ4v) is 3.30. The predicted molar refractivity (Wildman–Crippen MR) is 91.4 cm³/mol. The minimum Gasteiger partial charge on any atom is -0.325 e. The van der Waals surface area contributed by atoms with E-state index < -0.39 is 0 Å². The van der Waals surface area contributed by atoms with Crippen molar-refractivity contribution >= 4 is 27.5 Å². The van der Waals surface area contributed by atoms with Gasteiger partial charge in [-0.25, -0.2) is 0 Å². The van der Waals surface area contributed by atoms with Gasteiger partial charge in [0, 0.05) is 10.2 Å². The number of halogens is 1. The average Bonchev–Trinajstić information content (AvgIpc) is 2.45. The third-order valence-corrected chi connectivity index (χ3v) is 4.75. The Labute approximate surface area is 136 Å². The largest absolute Gasteiger partial charge is 0.325 e. The molecular weight excluding hydrogens is 328 g/mol. The van der Waals surface area contributed by atoms with Crippen LogP contribution in [0.3, 0.4) is 0 Å². The van der Waals surface area contributed by atoms with E-state index >= 15 is 0 Å². The molecule has 1 fully saturated rings. The van der Waals surface area contributed by atoms with Gasteiger partial charge >= 0.3 is 0 Å². The average molecular weight is 353 g/mol. The molecule has 116 valence electrons. The second-order valence-corrected chi connectivity index (χ2v) is 7.07. The Morgan fingerprint density at radius 2 is 2.05 bits per heavy atom. The summed E-state index contributed by atoms with van der Waals surface area (Å²) in [7, 11) is 0. The third kappa shape index (κ3) is 6.18. The van der Waals surface area contributed by atoms with Crippen LogP contribution in [0.25, 0.3) is 0 Å². The molecule has 2 rings (SSSR count). The number of carbonyl (C=O) groups excluding carboxylic acids is 1. The maximum absolute atomic E-state index is 11.8. The molecule has 0 atom stereocenters. The van der Waals surface area contributed by atoms with Gasteiger partial charge in [0.25, 0.3) is 0 Å². The van der Waals surface area contributed by atoms with Crippen molar-refractivity contribution in [3.63, 3.8) is 0 Å². The summed E-state index contributed by atoms with van der Waals surface area (Å²) < 4.78 is 0.972. The molecule has 0 radical (unpaired) electrons. The minimum atomic E-state index is 0.0189. The van der Waals surface area contributed by atoms with E-state index in [1.165, 1.54) is 32.1 Å². The molecule has 0 unspecified atom stereocenters. The van der Waals surface area contributed by atoms with E-state index in [-0.39, 0.29) is 5.91 Å². The molecule has 0 aromatic heterocycles. The number of amides is 1. The second-order valence-electron chi connectivity index (χ2n) is 6.15. The Balaban J connectivity index is 1.59. The first-order chi connectivity index (χ1) is 10.1. The zero-order valence-electron chi connectivity index (χ0n) is 12.7. The minimum absolute atomic E-state index is 0.0189. The van der Waals surface area contributed by atoms with Gasteiger partial charge in [0.1, 0.15) is 0 Å². The molecule has 3 nitrogen and oxygen atoms in total. The lowest BCUT2D eigenvalue weighted by Gasteiger charge is -2.26. The molecule has 0 saturated heterocycles. The van der Waals surface area contributed by atoms with Crippen LogP contribution in [0.5, 0.6) is 0 Å². The van der Waals surface area contributed by atoms with E-state index in [0.29, 0.717) is 6.54 Å². The van der Waals surface area contributed by atoms with Crippen LogP contribution in [-0.2, 0) is 4.79 Å². The molecule has 1 saturated carbocycles. The van der Waals surface area contributed by atoms with Gasteiger partial charge in [-0.05, 0) is 43.0 Å². The van der Waals surface area contributed by atoms with E-state index in [0.717, 1.165) is 28.5 Å². The maximum Gasteiger partial charge on any atom is 0.238 e. The lowest BCUT2D eigenvalue weighted by molar-refractivity contribution is -0.115. The monoisotopic (exact) mass is 352 g/mol. The standard InChI is InChI=1S/C17H25BrN2O/c1-13-5-7-14(8-6-13)9-10-19-12-17(21)20-16-4-2-3-15(18)11-16/h2-4,11,13-14,19H,5-10,12H2,1H3,(H,20,21). The van der Waals surface area contributed by atoms with Gasteiger partial charge < -0.3 is 10.6 Å². The molecule has 1 aromatic rings. The lowest BCUT2D eigenvalue weighted by Crippen LogP contribution is -2.30. The molecule has 1 amide bonds. The van der Waals surface area contributed by atoms with Crippen molar-refractivity contribution in [1.82, 2.24) is 5.32 Å². The summed E-state index contributed by atoms with van der Waals surface area (Å²) >= 11 is 3.40. The van der Waals surface area contributed by atoms with Crippen LogP contribution >= 0.6 is 15.9 Å². The molecule has 0 heterocycles.